The lowest BCUT2D eigenvalue weighted by molar-refractivity contribution is -0.138. The van der Waals surface area contributed by atoms with Crippen LogP contribution in [0.4, 0.5) is 5.69 Å². The molecule has 3 fully saturated rings. The van der Waals surface area contributed by atoms with Crippen molar-refractivity contribution in [1.29, 1.82) is 0 Å². The van der Waals surface area contributed by atoms with Gasteiger partial charge in [-0.05, 0) is 68.1 Å². The molecule has 4 amide bonds. The Morgan fingerprint density at radius 3 is 2.34 bits per heavy atom. The average Bonchev–Trinajstić information content (AvgIpc) is 3.28. The molecule has 0 aromatic heterocycles. The van der Waals surface area contributed by atoms with E-state index in [4.69, 9.17) is 34.8 Å². The molecular formula is C29H22BrCl3N2O6. The van der Waals surface area contributed by atoms with Crippen LogP contribution in [0, 0.1) is 17.8 Å². The second kappa shape index (κ2) is 9.66. The Morgan fingerprint density at radius 2 is 1.71 bits per heavy atom. The summed E-state index contributed by atoms with van der Waals surface area (Å²) in [5.41, 5.74) is 1.35. The molecule has 2 aliphatic heterocycles. The lowest BCUT2D eigenvalue weighted by Gasteiger charge is -2.50. The number of ketones is 1. The zero-order valence-electron chi connectivity index (χ0n) is 21.4. The maximum atomic E-state index is 14.0. The van der Waals surface area contributed by atoms with Crippen LogP contribution in [-0.4, -0.2) is 54.6 Å². The molecule has 2 heterocycles. The summed E-state index contributed by atoms with van der Waals surface area (Å²) in [5.74, 6) is -6.19. The summed E-state index contributed by atoms with van der Waals surface area (Å²) in [6.07, 6.45) is 1.78. The fourth-order valence-corrected chi connectivity index (χ4v) is 8.55. The van der Waals surface area contributed by atoms with Crippen LogP contribution in [-0.2, 0) is 19.2 Å². The number of benzene rings is 2. The van der Waals surface area contributed by atoms with Crippen molar-refractivity contribution in [3.05, 3.63) is 70.3 Å². The summed E-state index contributed by atoms with van der Waals surface area (Å²) in [5, 5.41) is 11.2. The normalized spacial score (nSPS) is 32.6. The molecular weight excluding hydrogens is 659 g/mol. The van der Waals surface area contributed by atoms with E-state index in [9.17, 15) is 29.1 Å². The van der Waals surface area contributed by atoms with Gasteiger partial charge in [0.2, 0.25) is 11.8 Å². The number of fused-ring (bicyclic) bond motifs is 4. The van der Waals surface area contributed by atoms with Gasteiger partial charge >= 0.3 is 0 Å². The van der Waals surface area contributed by atoms with Gasteiger partial charge in [-0.1, -0.05) is 39.2 Å². The minimum Gasteiger partial charge on any atom is -0.508 e. The topological polar surface area (TPSA) is 112 Å². The van der Waals surface area contributed by atoms with Crippen molar-refractivity contribution in [2.75, 3.05) is 10.4 Å². The van der Waals surface area contributed by atoms with Gasteiger partial charge in [0.05, 0.1) is 23.0 Å². The van der Waals surface area contributed by atoms with Crippen molar-refractivity contribution in [2.24, 2.45) is 17.8 Å². The molecule has 6 unspecified atom stereocenters. The summed E-state index contributed by atoms with van der Waals surface area (Å²) in [7, 11) is 0. The molecule has 2 saturated heterocycles. The second-order valence-corrected chi connectivity index (χ2v) is 13.0. The van der Waals surface area contributed by atoms with E-state index < -0.39 is 57.0 Å². The number of alkyl halides is 3. The standard InChI is InChI=1S/C29H22BrCl3N2O6/c1-13(36)14-2-5-16(6-3-14)35-24(38)18-8-7-17-20(22(18)25(35)39)11-28(32)26(40)34(12-30)27(41)29(28,33)23(17)19-10-15(31)4-9-21(19)37/h2-7,9-10,18,20,22-23,37H,8,11-12H2,1H3. The summed E-state index contributed by atoms with van der Waals surface area (Å²) in [4.78, 5) is 64.9. The van der Waals surface area contributed by atoms with Gasteiger partial charge in [-0.25, -0.2) is 0 Å². The third-order valence-corrected chi connectivity index (χ3v) is 11.0. The number of hydrogen-bond acceptors (Lipinski definition) is 6. The van der Waals surface area contributed by atoms with Crippen LogP contribution in [0.15, 0.2) is 54.1 Å². The van der Waals surface area contributed by atoms with Crippen LogP contribution < -0.4 is 4.90 Å². The van der Waals surface area contributed by atoms with Crippen LogP contribution in [0.2, 0.25) is 5.02 Å². The predicted octanol–water partition coefficient (Wildman–Crippen LogP) is 5.16. The number of rotatable bonds is 4. The number of imide groups is 2. The molecule has 0 radical (unpaired) electrons. The molecule has 212 valence electrons. The molecule has 8 nitrogen and oxygen atoms in total. The monoisotopic (exact) mass is 678 g/mol. The quantitative estimate of drug-likeness (QED) is 0.157. The lowest BCUT2D eigenvalue weighted by atomic mass is 9.56. The van der Waals surface area contributed by atoms with Gasteiger partial charge in [0, 0.05) is 22.1 Å². The molecule has 4 aliphatic rings. The van der Waals surface area contributed by atoms with Crippen molar-refractivity contribution in [2.45, 2.75) is 35.4 Å². The van der Waals surface area contributed by atoms with Crippen LogP contribution in [0.25, 0.3) is 0 Å². The SMILES string of the molecule is CC(=O)c1ccc(N2C(=O)C3CC=C4C(CC5(Cl)C(=O)N(CBr)C(=O)C5(Cl)C4c4cc(Cl)ccc4O)C3C2=O)cc1. The molecule has 0 spiro atoms. The maximum absolute atomic E-state index is 14.0. The molecule has 2 aromatic carbocycles. The fourth-order valence-electron chi connectivity index (χ4n) is 6.95. The van der Waals surface area contributed by atoms with Gasteiger partial charge in [0.15, 0.2) is 15.5 Å². The first-order chi connectivity index (χ1) is 19.4. The molecule has 41 heavy (non-hydrogen) atoms. The fraction of sp³-hybridized carbons (Fsp3) is 0.345. The first-order valence-corrected chi connectivity index (χ1v) is 15.1. The number of likely N-dealkylation sites (tertiary alicyclic amines) is 1. The molecule has 2 aromatic rings. The highest BCUT2D eigenvalue weighted by Crippen LogP contribution is 2.66. The molecule has 1 saturated carbocycles. The number of carbonyl (C=O) groups excluding carboxylic acids is 5. The third-order valence-electron chi connectivity index (χ3n) is 8.85. The molecule has 6 atom stereocenters. The van der Waals surface area contributed by atoms with Crippen molar-refractivity contribution >= 4 is 85.8 Å². The van der Waals surface area contributed by atoms with Crippen LogP contribution >= 0.6 is 50.7 Å². The number of phenolic OH excluding ortho intramolecular Hbond substituents is 1. The van der Waals surface area contributed by atoms with Crippen molar-refractivity contribution < 1.29 is 29.1 Å². The number of carbonyl (C=O) groups is 5. The van der Waals surface area contributed by atoms with E-state index in [0.29, 0.717) is 16.8 Å². The Kier molecular flexibility index (Phi) is 6.69. The van der Waals surface area contributed by atoms with E-state index in [2.05, 4.69) is 15.9 Å². The third kappa shape index (κ3) is 3.75. The highest BCUT2D eigenvalue weighted by molar-refractivity contribution is 9.09. The molecule has 6 rings (SSSR count). The smallest absolute Gasteiger partial charge is 0.254 e. The Balaban J connectivity index is 1.50. The number of halogens is 4. The lowest BCUT2D eigenvalue weighted by Crippen LogP contribution is -2.60. The largest absolute Gasteiger partial charge is 0.508 e. The minimum atomic E-state index is -2.04. The number of nitrogens with zero attached hydrogens (tertiary/aromatic N) is 2. The number of anilines is 1. The Hall–Kier alpha value is -2.72. The Morgan fingerprint density at radius 1 is 1.02 bits per heavy atom. The van der Waals surface area contributed by atoms with Crippen molar-refractivity contribution in [3.63, 3.8) is 0 Å². The minimum absolute atomic E-state index is 0.152. The predicted molar refractivity (Wildman–Crippen MR) is 155 cm³/mol. The number of amides is 4. The van der Waals surface area contributed by atoms with E-state index in [-0.39, 0.29) is 40.4 Å². The number of Topliss-reactive ketones (excluding diaryl/α,β-unsaturated/α-hetero) is 1. The second-order valence-electron chi connectivity index (χ2n) is 10.8. The molecule has 12 heteroatoms. The van der Waals surface area contributed by atoms with E-state index in [1.54, 1.807) is 30.3 Å². The van der Waals surface area contributed by atoms with Crippen LogP contribution in [0.1, 0.15) is 41.6 Å². The summed E-state index contributed by atoms with van der Waals surface area (Å²) in [6.45, 7) is 1.42. The highest BCUT2D eigenvalue weighted by Gasteiger charge is 2.76. The number of allylic oxidation sites excluding steroid dienone is 2. The van der Waals surface area contributed by atoms with Gasteiger partial charge in [-0.15, -0.1) is 23.2 Å². The first kappa shape index (κ1) is 28.4. The summed E-state index contributed by atoms with van der Waals surface area (Å²) >= 11 is 23.8. The van der Waals surface area contributed by atoms with Crippen LogP contribution in [0.5, 0.6) is 5.75 Å². The summed E-state index contributed by atoms with van der Waals surface area (Å²) < 4.78 is 0. The molecule has 0 bridgehead atoms. The highest BCUT2D eigenvalue weighted by atomic mass is 79.9. The van der Waals surface area contributed by atoms with E-state index in [0.717, 1.165) is 9.80 Å². The van der Waals surface area contributed by atoms with Crippen molar-refractivity contribution in [1.82, 2.24) is 4.90 Å². The average molecular weight is 681 g/mol. The van der Waals surface area contributed by atoms with Crippen molar-refractivity contribution in [3.8, 4) is 5.75 Å². The summed E-state index contributed by atoms with van der Waals surface area (Å²) in [6, 6.07) is 10.5. The Bertz CT molecular complexity index is 1600. The van der Waals surface area contributed by atoms with Gasteiger partial charge < -0.3 is 5.11 Å². The Labute approximate surface area is 258 Å². The number of phenols is 1. The maximum Gasteiger partial charge on any atom is 0.254 e. The number of hydrogen-bond donors (Lipinski definition) is 1. The zero-order chi connectivity index (χ0) is 29.6. The van der Waals surface area contributed by atoms with Gasteiger partial charge in [-0.2, -0.15) is 0 Å². The van der Waals surface area contributed by atoms with Gasteiger partial charge in [-0.3, -0.25) is 33.8 Å². The van der Waals surface area contributed by atoms with E-state index >= 15 is 0 Å². The molecule has 1 N–H and O–H groups in total. The first-order valence-electron chi connectivity index (χ1n) is 12.8. The zero-order valence-corrected chi connectivity index (χ0v) is 25.3. The van der Waals surface area contributed by atoms with Gasteiger partial charge in [0.1, 0.15) is 5.75 Å². The van der Waals surface area contributed by atoms with E-state index in [1.165, 1.54) is 25.1 Å². The molecule has 2 aliphatic carbocycles. The van der Waals surface area contributed by atoms with E-state index in [1.807, 2.05) is 0 Å². The number of aromatic hydroxyl groups is 1. The van der Waals surface area contributed by atoms with Crippen LogP contribution in [0.3, 0.4) is 0 Å². The van der Waals surface area contributed by atoms with Gasteiger partial charge in [0.25, 0.3) is 11.8 Å².